The number of hydrogen-bond acceptors (Lipinski definition) is 3. The Morgan fingerprint density at radius 1 is 1.50 bits per heavy atom. The standard InChI is InChI=1S/C15H26N4O/c1-11-14(12(2)19(3)18-11)4-5-15(20)17-9-7-13-6-8-16-10-13/h13,16H,4-10H2,1-3H3,(H,17,20). The topological polar surface area (TPSA) is 59.0 Å². The van der Waals surface area contributed by atoms with Gasteiger partial charge < -0.3 is 10.6 Å². The van der Waals surface area contributed by atoms with Crippen LogP contribution in [-0.4, -0.2) is 35.3 Å². The molecule has 1 saturated heterocycles. The number of aryl methyl sites for hydroxylation is 2. The number of rotatable bonds is 6. The third-order valence-corrected chi connectivity index (χ3v) is 4.30. The Morgan fingerprint density at radius 3 is 2.90 bits per heavy atom. The molecule has 5 heteroatoms. The number of nitrogens with zero attached hydrogens (tertiary/aromatic N) is 2. The molecule has 1 aromatic rings. The Bertz CT molecular complexity index is 461. The van der Waals surface area contributed by atoms with Crippen LogP contribution in [0.25, 0.3) is 0 Å². The highest BCUT2D eigenvalue weighted by molar-refractivity contribution is 5.76. The molecule has 1 aromatic heterocycles. The summed E-state index contributed by atoms with van der Waals surface area (Å²) in [6, 6.07) is 0. The van der Waals surface area contributed by atoms with Crippen LogP contribution < -0.4 is 10.6 Å². The normalized spacial score (nSPS) is 18.4. The van der Waals surface area contributed by atoms with Gasteiger partial charge in [-0.15, -0.1) is 0 Å². The lowest BCUT2D eigenvalue weighted by Crippen LogP contribution is -2.26. The van der Waals surface area contributed by atoms with Crippen molar-refractivity contribution in [2.75, 3.05) is 19.6 Å². The van der Waals surface area contributed by atoms with Crippen LogP contribution in [0.4, 0.5) is 0 Å². The molecule has 1 atom stereocenters. The van der Waals surface area contributed by atoms with E-state index < -0.39 is 0 Å². The third kappa shape index (κ3) is 3.82. The Morgan fingerprint density at radius 2 is 2.30 bits per heavy atom. The number of carbonyl (C=O) groups is 1. The monoisotopic (exact) mass is 278 g/mol. The zero-order chi connectivity index (χ0) is 14.5. The molecule has 0 bridgehead atoms. The maximum absolute atomic E-state index is 11.9. The van der Waals surface area contributed by atoms with Gasteiger partial charge in [0, 0.05) is 25.7 Å². The molecule has 2 heterocycles. The summed E-state index contributed by atoms with van der Waals surface area (Å²) in [6.07, 6.45) is 3.66. The van der Waals surface area contributed by atoms with Crippen LogP contribution in [-0.2, 0) is 18.3 Å². The van der Waals surface area contributed by atoms with Gasteiger partial charge in [0.25, 0.3) is 0 Å². The molecule has 0 spiro atoms. The molecule has 112 valence electrons. The summed E-state index contributed by atoms with van der Waals surface area (Å²) in [5.74, 6) is 0.886. The van der Waals surface area contributed by atoms with Gasteiger partial charge in [-0.3, -0.25) is 9.48 Å². The quantitative estimate of drug-likeness (QED) is 0.819. The Balaban J connectivity index is 1.69. The second kappa shape index (κ2) is 6.88. The van der Waals surface area contributed by atoms with Crippen LogP contribution in [0.15, 0.2) is 0 Å². The highest BCUT2D eigenvalue weighted by Crippen LogP contribution is 2.14. The molecule has 1 aliphatic rings. The summed E-state index contributed by atoms with van der Waals surface area (Å²) in [4.78, 5) is 11.9. The summed E-state index contributed by atoms with van der Waals surface area (Å²) in [7, 11) is 1.95. The molecule has 20 heavy (non-hydrogen) atoms. The van der Waals surface area contributed by atoms with Crippen molar-refractivity contribution in [3.63, 3.8) is 0 Å². The first kappa shape index (κ1) is 15.0. The first-order valence-electron chi connectivity index (χ1n) is 7.54. The number of carbonyl (C=O) groups excluding carboxylic acids is 1. The van der Waals surface area contributed by atoms with E-state index in [9.17, 15) is 4.79 Å². The predicted molar refractivity (Wildman–Crippen MR) is 79.6 cm³/mol. The zero-order valence-corrected chi connectivity index (χ0v) is 12.8. The minimum atomic E-state index is 0.151. The van der Waals surface area contributed by atoms with Crippen LogP contribution >= 0.6 is 0 Å². The molecule has 1 unspecified atom stereocenters. The maximum atomic E-state index is 11.9. The molecule has 2 rings (SSSR count). The molecule has 0 aliphatic carbocycles. The fourth-order valence-corrected chi connectivity index (χ4v) is 2.88. The third-order valence-electron chi connectivity index (χ3n) is 4.30. The van der Waals surface area contributed by atoms with E-state index in [-0.39, 0.29) is 5.91 Å². The predicted octanol–water partition coefficient (Wildman–Crippen LogP) is 1.09. The van der Waals surface area contributed by atoms with Gasteiger partial charge in [0.1, 0.15) is 0 Å². The minimum absolute atomic E-state index is 0.151. The van der Waals surface area contributed by atoms with E-state index >= 15 is 0 Å². The van der Waals surface area contributed by atoms with E-state index in [1.54, 1.807) is 0 Å². The van der Waals surface area contributed by atoms with Crippen molar-refractivity contribution in [3.05, 3.63) is 17.0 Å². The van der Waals surface area contributed by atoms with Crippen molar-refractivity contribution in [1.82, 2.24) is 20.4 Å². The number of amides is 1. The number of nitrogens with one attached hydrogen (secondary N) is 2. The molecule has 1 fully saturated rings. The molecule has 0 saturated carbocycles. The molecule has 1 aliphatic heterocycles. The first-order valence-corrected chi connectivity index (χ1v) is 7.54. The summed E-state index contributed by atoms with van der Waals surface area (Å²) >= 11 is 0. The number of hydrogen-bond donors (Lipinski definition) is 2. The van der Waals surface area contributed by atoms with E-state index in [0.29, 0.717) is 6.42 Å². The average Bonchev–Trinajstić information content (AvgIpc) is 2.98. The smallest absolute Gasteiger partial charge is 0.220 e. The van der Waals surface area contributed by atoms with Crippen molar-refractivity contribution in [1.29, 1.82) is 0 Å². The van der Waals surface area contributed by atoms with Crippen LogP contribution in [0.5, 0.6) is 0 Å². The van der Waals surface area contributed by atoms with E-state index in [1.807, 2.05) is 18.7 Å². The highest BCUT2D eigenvalue weighted by Gasteiger charge is 2.15. The van der Waals surface area contributed by atoms with Gasteiger partial charge in [-0.05, 0) is 57.7 Å². The zero-order valence-electron chi connectivity index (χ0n) is 12.8. The molecule has 0 aromatic carbocycles. The SMILES string of the molecule is Cc1nn(C)c(C)c1CCC(=O)NCCC1CCNC1. The maximum Gasteiger partial charge on any atom is 0.220 e. The van der Waals surface area contributed by atoms with Gasteiger partial charge in [0.15, 0.2) is 0 Å². The summed E-state index contributed by atoms with van der Waals surface area (Å²) in [5.41, 5.74) is 3.41. The lowest BCUT2D eigenvalue weighted by Gasteiger charge is -2.09. The summed E-state index contributed by atoms with van der Waals surface area (Å²) in [6.45, 7) is 7.09. The highest BCUT2D eigenvalue weighted by atomic mass is 16.1. The lowest BCUT2D eigenvalue weighted by atomic mass is 10.0. The van der Waals surface area contributed by atoms with Crippen molar-refractivity contribution in [2.45, 2.75) is 39.5 Å². The van der Waals surface area contributed by atoms with Crippen LogP contribution in [0.3, 0.4) is 0 Å². The van der Waals surface area contributed by atoms with Gasteiger partial charge in [-0.2, -0.15) is 5.10 Å². The van der Waals surface area contributed by atoms with E-state index in [2.05, 4.69) is 22.7 Å². The second-order valence-corrected chi connectivity index (χ2v) is 5.77. The molecule has 2 N–H and O–H groups in total. The van der Waals surface area contributed by atoms with Crippen molar-refractivity contribution >= 4 is 5.91 Å². The van der Waals surface area contributed by atoms with Gasteiger partial charge in [0.05, 0.1) is 5.69 Å². The fourth-order valence-electron chi connectivity index (χ4n) is 2.88. The van der Waals surface area contributed by atoms with Crippen molar-refractivity contribution in [2.24, 2.45) is 13.0 Å². The van der Waals surface area contributed by atoms with Crippen molar-refractivity contribution in [3.8, 4) is 0 Å². The number of aromatic nitrogens is 2. The largest absolute Gasteiger partial charge is 0.356 e. The average molecular weight is 278 g/mol. The molecular weight excluding hydrogens is 252 g/mol. The van der Waals surface area contributed by atoms with Gasteiger partial charge in [-0.1, -0.05) is 0 Å². The summed E-state index contributed by atoms with van der Waals surface area (Å²) in [5, 5.41) is 10.8. The Hall–Kier alpha value is -1.36. The van der Waals surface area contributed by atoms with Gasteiger partial charge in [0.2, 0.25) is 5.91 Å². The van der Waals surface area contributed by atoms with Crippen LogP contribution in [0.2, 0.25) is 0 Å². The van der Waals surface area contributed by atoms with E-state index in [0.717, 1.165) is 49.8 Å². The first-order chi connectivity index (χ1) is 9.58. The Kier molecular flexibility index (Phi) is 5.17. The van der Waals surface area contributed by atoms with Gasteiger partial charge in [-0.25, -0.2) is 0 Å². The fraction of sp³-hybridized carbons (Fsp3) is 0.733. The summed E-state index contributed by atoms with van der Waals surface area (Å²) < 4.78 is 1.88. The van der Waals surface area contributed by atoms with Gasteiger partial charge >= 0.3 is 0 Å². The van der Waals surface area contributed by atoms with Crippen molar-refractivity contribution < 1.29 is 4.79 Å². The van der Waals surface area contributed by atoms with E-state index in [1.165, 1.54) is 12.0 Å². The van der Waals surface area contributed by atoms with Crippen LogP contribution in [0.1, 0.15) is 36.2 Å². The van der Waals surface area contributed by atoms with Crippen LogP contribution in [0, 0.1) is 19.8 Å². The molecule has 0 radical (unpaired) electrons. The Labute approximate surface area is 121 Å². The molecule has 5 nitrogen and oxygen atoms in total. The molecule has 1 amide bonds. The van der Waals surface area contributed by atoms with E-state index in [4.69, 9.17) is 0 Å². The molecular formula is C15H26N4O. The lowest BCUT2D eigenvalue weighted by molar-refractivity contribution is -0.121. The minimum Gasteiger partial charge on any atom is -0.356 e. The second-order valence-electron chi connectivity index (χ2n) is 5.77.